The van der Waals surface area contributed by atoms with E-state index < -0.39 is 46.2 Å². The Morgan fingerprint density at radius 3 is 2.47 bits per heavy atom. The van der Waals surface area contributed by atoms with Crippen molar-refractivity contribution in [2.45, 2.75) is 43.3 Å². The molecule has 0 saturated carbocycles. The van der Waals surface area contributed by atoms with E-state index in [2.05, 4.69) is 48.4 Å². The molecule has 2 fully saturated rings. The van der Waals surface area contributed by atoms with Crippen LogP contribution in [0.1, 0.15) is 23.1 Å². The number of piperazine rings is 1. The van der Waals surface area contributed by atoms with E-state index in [1.807, 2.05) is 19.1 Å². The van der Waals surface area contributed by atoms with Gasteiger partial charge in [-0.15, -0.1) is 0 Å². The zero-order chi connectivity index (χ0) is 33.5. The molecule has 0 amide bonds. The highest BCUT2D eigenvalue weighted by atomic mass is 32.2. The van der Waals surface area contributed by atoms with Gasteiger partial charge in [0.05, 0.1) is 23.6 Å². The normalized spacial score (nSPS) is 20.5. The minimum Gasteiger partial charge on any atom is -0.348 e. The number of hydrogen-bond acceptors (Lipinski definition) is 9. The molecule has 0 unspecified atom stereocenters. The van der Waals surface area contributed by atoms with Crippen molar-refractivity contribution in [2.24, 2.45) is 7.05 Å². The summed E-state index contributed by atoms with van der Waals surface area (Å²) in [6.45, 7) is 6.25. The van der Waals surface area contributed by atoms with E-state index in [0.29, 0.717) is 11.9 Å². The van der Waals surface area contributed by atoms with Gasteiger partial charge in [-0.25, -0.2) is 27.5 Å². The first-order valence-electron chi connectivity index (χ1n) is 15.2. The van der Waals surface area contributed by atoms with Crippen LogP contribution in [0, 0.1) is 6.92 Å². The number of piperidine rings is 1. The second-order valence-corrected chi connectivity index (χ2v) is 14.0. The predicted octanol–water partition coefficient (Wildman–Crippen LogP) is 3.35. The quantitative estimate of drug-likeness (QED) is 0.281. The number of sulfonamides is 1. The lowest BCUT2D eigenvalue weighted by molar-refractivity contribution is -0.137. The summed E-state index contributed by atoms with van der Waals surface area (Å²) in [5.74, 6) is -0.209. The van der Waals surface area contributed by atoms with Gasteiger partial charge in [0, 0.05) is 77.0 Å². The van der Waals surface area contributed by atoms with Gasteiger partial charge in [-0.05, 0) is 43.7 Å². The number of aryl methyl sites for hydroxylation is 2. The maximum absolute atomic E-state index is 15.3. The van der Waals surface area contributed by atoms with E-state index >= 15 is 4.39 Å². The highest BCUT2D eigenvalue weighted by molar-refractivity contribution is 7.89. The molecule has 0 radical (unpaired) electrons. The van der Waals surface area contributed by atoms with Crippen LogP contribution in [0.3, 0.4) is 0 Å². The van der Waals surface area contributed by atoms with Crippen molar-refractivity contribution >= 4 is 16.0 Å². The van der Waals surface area contributed by atoms with Crippen LogP contribution in [-0.2, 0) is 29.8 Å². The molecule has 2 saturated heterocycles. The smallest absolute Gasteiger partial charge is 0.348 e. The second kappa shape index (κ2) is 12.9. The molecule has 0 bridgehead atoms. The molecule has 2 aliphatic heterocycles. The molecule has 252 valence electrons. The number of aromatic nitrogens is 6. The summed E-state index contributed by atoms with van der Waals surface area (Å²) in [6.07, 6.45) is -1.49. The fourth-order valence-corrected chi connectivity index (χ4v) is 7.29. The number of benzene rings is 1. The lowest BCUT2D eigenvalue weighted by atomic mass is 10.1. The van der Waals surface area contributed by atoms with Gasteiger partial charge in [0.2, 0.25) is 5.95 Å². The maximum Gasteiger partial charge on any atom is 0.419 e. The molecule has 6 rings (SSSR count). The van der Waals surface area contributed by atoms with Crippen LogP contribution in [0.25, 0.3) is 16.9 Å². The lowest BCUT2D eigenvalue weighted by Gasteiger charge is -2.33. The standard InChI is InChI=1S/C30H36F4N10O2S/c1-20-14-21(17-42-12-10-40(2)11-13-42)4-5-26(20)44-18-22(15-36-44)28-23(30(32,33)34)16-35-29(38-28)37-25-6-9-43(19-24(25)31)47(45,46)27-7-8-41(3)39-27/h4-5,7-8,14-16,18,24-25H,6,9-13,17,19H2,1-3H3,(H,35,37,38)/t24-,25+/m1/s1. The molecule has 5 heterocycles. The van der Waals surface area contributed by atoms with Crippen LogP contribution >= 0.6 is 0 Å². The van der Waals surface area contributed by atoms with Crippen molar-refractivity contribution in [3.05, 3.63) is 65.7 Å². The number of rotatable bonds is 8. The minimum atomic E-state index is -4.76. The second-order valence-electron chi connectivity index (χ2n) is 12.1. The van der Waals surface area contributed by atoms with Gasteiger partial charge in [0.1, 0.15) is 11.7 Å². The molecule has 1 N–H and O–H groups in total. The molecule has 2 aliphatic rings. The first kappa shape index (κ1) is 33.0. The van der Waals surface area contributed by atoms with Crippen molar-refractivity contribution in [1.82, 2.24) is 43.6 Å². The van der Waals surface area contributed by atoms with Gasteiger partial charge >= 0.3 is 6.18 Å². The average Bonchev–Trinajstić information content (AvgIpc) is 3.69. The number of hydrogen-bond donors (Lipinski definition) is 1. The lowest BCUT2D eigenvalue weighted by Crippen LogP contribution is -2.50. The number of alkyl halides is 4. The van der Waals surface area contributed by atoms with Crippen LogP contribution < -0.4 is 5.32 Å². The summed E-state index contributed by atoms with van der Waals surface area (Å²) < 4.78 is 87.1. The molecule has 2 atom stereocenters. The zero-order valence-electron chi connectivity index (χ0n) is 26.2. The fraction of sp³-hybridized carbons (Fsp3) is 0.467. The van der Waals surface area contributed by atoms with E-state index in [0.717, 1.165) is 48.2 Å². The van der Waals surface area contributed by atoms with Gasteiger partial charge in [0.25, 0.3) is 10.0 Å². The van der Waals surface area contributed by atoms with Gasteiger partial charge in [-0.1, -0.05) is 12.1 Å². The van der Waals surface area contributed by atoms with Crippen molar-refractivity contribution in [3.8, 4) is 16.9 Å². The van der Waals surface area contributed by atoms with Crippen molar-refractivity contribution < 1.29 is 26.0 Å². The Labute approximate surface area is 270 Å². The SMILES string of the molecule is Cc1cc(CN2CCN(C)CC2)ccc1-n1cc(-c2nc(N[C@H]3CCN(S(=O)(=O)c4ccn(C)n4)C[C@H]3F)ncc2C(F)(F)F)cn1. The molecular formula is C30H36F4N10O2S. The monoisotopic (exact) mass is 676 g/mol. The summed E-state index contributed by atoms with van der Waals surface area (Å²) in [5.41, 5.74) is 1.41. The third kappa shape index (κ3) is 7.17. The van der Waals surface area contributed by atoms with E-state index in [4.69, 9.17) is 0 Å². The van der Waals surface area contributed by atoms with Crippen LogP contribution in [0.15, 0.2) is 54.1 Å². The summed E-state index contributed by atoms with van der Waals surface area (Å²) in [6, 6.07) is 6.36. The summed E-state index contributed by atoms with van der Waals surface area (Å²) in [4.78, 5) is 12.7. The highest BCUT2D eigenvalue weighted by Crippen LogP contribution is 2.36. The van der Waals surface area contributed by atoms with Gasteiger partial charge in [-0.3, -0.25) is 9.58 Å². The topological polar surface area (TPSA) is 117 Å². The van der Waals surface area contributed by atoms with E-state index in [1.54, 1.807) is 7.05 Å². The third-order valence-corrected chi connectivity index (χ3v) is 10.3. The number of nitrogens with zero attached hydrogens (tertiary/aromatic N) is 9. The Kier molecular flexibility index (Phi) is 9.08. The van der Waals surface area contributed by atoms with Crippen LogP contribution in [-0.4, -0.2) is 111 Å². The molecule has 17 heteroatoms. The molecule has 4 aromatic rings. The number of nitrogens with one attached hydrogen (secondary N) is 1. The summed E-state index contributed by atoms with van der Waals surface area (Å²) in [7, 11) is -0.324. The summed E-state index contributed by atoms with van der Waals surface area (Å²) >= 11 is 0. The molecule has 3 aromatic heterocycles. The van der Waals surface area contributed by atoms with Crippen LogP contribution in [0.2, 0.25) is 0 Å². The average molecular weight is 677 g/mol. The zero-order valence-corrected chi connectivity index (χ0v) is 27.0. The van der Waals surface area contributed by atoms with E-state index in [9.17, 15) is 21.6 Å². The molecule has 12 nitrogen and oxygen atoms in total. The minimum absolute atomic E-state index is 0.0230. The van der Waals surface area contributed by atoms with Gasteiger partial charge < -0.3 is 10.2 Å². The number of likely N-dealkylation sites (N-methyl/N-ethyl adjacent to an activating group) is 1. The Morgan fingerprint density at radius 2 is 1.81 bits per heavy atom. The first-order chi connectivity index (χ1) is 22.3. The van der Waals surface area contributed by atoms with Crippen LogP contribution in [0.5, 0.6) is 0 Å². The largest absolute Gasteiger partial charge is 0.419 e. The van der Waals surface area contributed by atoms with E-state index in [-0.39, 0.29) is 29.5 Å². The molecule has 47 heavy (non-hydrogen) atoms. The highest BCUT2D eigenvalue weighted by Gasteiger charge is 2.39. The van der Waals surface area contributed by atoms with Crippen LogP contribution in [0.4, 0.5) is 23.5 Å². The Hall–Kier alpha value is -3.93. The summed E-state index contributed by atoms with van der Waals surface area (Å²) in [5, 5.41) is 10.9. The Morgan fingerprint density at radius 1 is 1.04 bits per heavy atom. The van der Waals surface area contributed by atoms with E-state index in [1.165, 1.54) is 34.0 Å². The van der Waals surface area contributed by atoms with Crippen molar-refractivity contribution in [3.63, 3.8) is 0 Å². The van der Waals surface area contributed by atoms with Gasteiger partial charge in [-0.2, -0.15) is 27.7 Å². The number of anilines is 1. The molecule has 1 aromatic carbocycles. The molecular weight excluding hydrogens is 640 g/mol. The first-order valence-corrected chi connectivity index (χ1v) is 16.6. The predicted molar refractivity (Wildman–Crippen MR) is 166 cm³/mol. The Balaban J connectivity index is 1.19. The molecule has 0 aliphatic carbocycles. The third-order valence-electron chi connectivity index (χ3n) is 8.57. The maximum atomic E-state index is 15.3. The van der Waals surface area contributed by atoms with Crippen molar-refractivity contribution in [2.75, 3.05) is 51.6 Å². The number of halogens is 4. The van der Waals surface area contributed by atoms with Crippen molar-refractivity contribution in [1.29, 1.82) is 0 Å². The fourth-order valence-electron chi connectivity index (χ4n) is 5.88. The van der Waals surface area contributed by atoms with Gasteiger partial charge in [0.15, 0.2) is 5.03 Å². The Bertz CT molecular complexity index is 1840. The molecule has 0 spiro atoms.